The number of benzene rings is 2. The lowest BCUT2D eigenvalue weighted by molar-refractivity contribution is -0.135. The van der Waals surface area contributed by atoms with Crippen molar-refractivity contribution in [1.29, 1.82) is 0 Å². The Bertz CT molecular complexity index is 893. The Morgan fingerprint density at radius 1 is 1.11 bits per heavy atom. The van der Waals surface area contributed by atoms with Gasteiger partial charge in [-0.1, -0.05) is 30.3 Å². The molecule has 7 nitrogen and oxygen atoms in total. The van der Waals surface area contributed by atoms with E-state index in [9.17, 15) is 9.59 Å². The third kappa shape index (κ3) is 4.38. The van der Waals surface area contributed by atoms with E-state index in [0.29, 0.717) is 5.56 Å². The molecule has 3 aromatic rings. The van der Waals surface area contributed by atoms with Gasteiger partial charge in [0.15, 0.2) is 6.61 Å². The Hall–Kier alpha value is -3.48. The van der Waals surface area contributed by atoms with Gasteiger partial charge >= 0.3 is 5.97 Å². The fourth-order valence-corrected chi connectivity index (χ4v) is 2.58. The standard InChI is InChI=1S/C20H20N4O3/c1-15(16-6-4-3-5-7-16)23(2)19(25)12-27-20(26)17-8-10-18(11-9-17)24-14-21-13-22-24/h3-11,13-15H,12H2,1-2H3/t15-/m0/s1. The maximum absolute atomic E-state index is 12.3. The van der Waals surface area contributed by atoms with E-state index in [1.54, 1.807) is 47.2 Å². The van der Waals surface area contributed by atoms with E-state index in [1.807, 2.05) is 37.3 Å². The molecule has 2 aromatic carbocycles. The summed E-state index contributed by atoms with van der Waals surface area (Å²) in [5, 5.41) is 4.02. The summed E-state index contributed by atoms with van der Waals surface area (Å²) >= 11 is 0. The van der Waals surface area contributed by atoms with E-state index < -0.39 is 5.97 Å². The van der Waals surface area contributed by atoms with Crippen molar-refractivity contribution in [2.45, 2.75) is 13.0 Å². The van der Waals surface area contributed by atoms with Crippen LogP contribution in [0.2, 0.25) is 0 Å². The highest BCUT2D eigenvalue weighted by molar-refractivity contribution is 5.91. The van der Waals surface area contributed by atoms with Crippen molar-refractivity contribution in [2.24, 2.45) is 0 Å². The van der Waals surface area contributed by atoms with Gasteiger partial charge in [-0.25, -0.2) is 14.5 Å². The Balaban J connectivity index is 1.56. The van der Waals surface area contributed by atoms with Gasteiger partial charge in [-0.3, -0.25) is 4.79 Å². The van der Waals surface area contributed by atoms with E-state index in [2.05, 4.69) is 10.1 Å². The maximum Gasteiger partial charge on any atom is 0.338 e. The normalized spacial score (nSPS) is 11.6. The average molecular weight is 364 g/mol. The van der Waals surface area contributed by atoms with Crippen LogP contribution in [0.25, 0.3) is 5.69 Å². The zero-order valence-corrected chi connectivity index (χ0v) is 15.1. The minimum Gasteiger partial charge on any atom is -0.452 e. The molecule has 1 heterocycles. The van der Waals surface area contributed by atoms with Gasteiger partial charge in [-0.2, -0.15) is 5.10 Å². The number of esters is 1. The van der Waals surface area contributed by atoms with Gasteiger partial charge in [0.2, 0.25) is 0 Å². The summed E-state index contributed by atoms with van der Waals surface area (Å²) in [5.74, 6) is -0.812. The van der Waals surface area contributed by atoms with Crippen molar-refractivity contribution in [3.8, 4) is 5.69 Å². The largest absolute Gasteiger partial charge is 0.452 e. The van der Waals surface area contributed by atoms with Gasteiger partial charge in [0.05, 0.1) is 17.3 Å². The first-order valence-electron chi connectivity index (χ1n) is 8.49. The number of hydrogen-bond donors (Lipinski definition) is 0. The number of ether oxygens (including phenoxy) is 1. The fraction of sp³-hybridized carbons (Fsp3) is 0.200. The van der Waals surface area contributed by atoms with Gasteiger partial charge in [-0.15, -0.1) is 0 Å². The number of rotatable bonds is 6. The number of likely N-dealkylation sites (N-methyl/N-ethyl adjacent to an activating group) is 1. The second-order valence-electron chi connectivity index (χ2n) is 6.05. The van der Waals surface area contributed by atoms with E-state index in [0.717, 1.165) is 11.3 Å². The summed E-state index contributed by atoms with van der Waals surface area (Å²) < 4.78 is 6.74. The van der Waals surface area contributed by atoms with Crippen LogP contribution < -0.4 is 0 Å². The molecule has 138 valence electrons. The molecular weight excluding hydrogens is 344 g/mol. The van der Waals surface area contributed by atoms with Crippen molar-refractivity contribution in [2.75, 3.05) is 13.7 Å². The SMILES string of the molecule is C[C@@H](c1ccccc1)N(C)C(=O)COC(=O)c1ccc(-n2cncn2)cc1. The Labute approximate surface area is 157 Å². The third-order valence-corrected chi connectivity index (χ3v) is 4.37. The molecule has 0 aliphatic heterocycles. The molecule has 0 bridgehead atoms. The van der Waals surface area contributed by atoms with Crippen molar-refractivity contribution < 1.29 is 14.3 Å². The van der Waals surface area contributed by atoms with Crippen LogP contribution in [0.15, 0.2) is 67.3 Å². The summed E-state index contributed by atoms with van der Waals surface area (Å²) in [6.45, 7) is 1.62. The molecule has 7 heteroatoms. The molecule has 1 amide bonds. The highest BCUT2D eigenvalue weighted by Crippen LogP contribution is 2.18. The minimum absolute atomic E-state index is 0.112. The highest BCUT2D eigenvalue weighted by atomic mass is 16.5. The van der Waals surface area contributed by atoms with Crippen LogP contribution in [-0.2, 0) is 9.53 Å². The monoisotopic (exact) mass is 364 g/mol. The highest BCUT2D eigenvalue weighted by Gasteiger charge is 2.19. The second-order valence-corrected chi connectivity index (χ2v) is 6.05. The molecule has 1 atom stereocenters. The Morgan fingerprint density at radius 2 is 1.81 bits per heavy atom. The Kier molecular flexibility index (Phi) is 5.61. The molecule has 0 unspecified atom stereocenters. The van der Waals surface area contributed by atoms with E-state index in [1.165, 1.54) is 6.33 Å². The number of carbonyl (C=O) groups is 2. The first kappa shape index (κ1) is 18.3. The number of amides is 1. The van der Waals surface area contributed by atoms with Gasteiger partial charge in [0, 0.05) is 7.05 Å². The number of nitrogens with zero attached hydrogens (tertiary/aromatic N) is 4. The fourth-order valence-electron chi connectivity index (χ4n) is 2.58. The molecule has 0 spiro atoms. The molecule has 1 aromatic heterocycles. The average Bonchev–Trinajstić information content (AvgIpc) is 3.26. The van der Waals surface area contributed by atoms with Gasteiger partial charge in [0.1, 0.15) is 12.7 Å². The molecule has 27 heavy (non-hydrogen) atoms. The minimum atomic E-state index is -0.547. The number of hydrogen-bond acceptors (Lipinski definition) is 5. The van der Waals surface area contributed by atoms with Crippen molar-refractivity contribution in [1.82, 2.24) is 19.7 Å². The quantitative estimate of drug-likeness (QED) is 0.629. The third-order valence-electron chi connectivity index (χ3n) is 4.37. The van der Waals surface area contributed by atoms with Crippen molar-refractivity contribution >= 4 is 11.9 Å². The van der Waals surface area contributed by atoms with Gasteiger partial charge in [-0.05, 0) is 36.8 Å². The van der Waals surface area contributed by atoms with Crippen LogP contribution in [0.3, 0.4) is 0 Å². The van der Waals surface area contributed by atoms with Crippen LogP contribution in [0.5, 0.6) is 0 Å². The lowest BCUT2D eigenvalue weighted by atomic mass is 10.1. The van der Waals surface area contributed by atoms with E-state index >= 15 is 0 Å². The lowest BCUT2D eigenvalue weighted by Gasteiger charge is -2.25. The first-order chi connectivity index (χ1) is 13.1. The second kappa shape index (κ2) is 8.27. The first-order valence-corrected chi connectivity index (χ1v) is 8.49. The van der Waals surface area contributed by atoms with Gasteiger partial charge < -0.3 is 9.64 Å². The number of aromatic nitrogens is 3. The van der Waals surface area contributed by atoms with Crippen molar-refractivity contribution in [3.05, 3.63) is 78.4 Å². The lowest BCUT2D eigenvalue weighted by Crippen LogP contribution is -2.33. The number of carbonyl (C=O) groups excluding carboxylic acids is 2. The molecule has 0 saturated carbocycles. The zero-order chi connectivity index (χ0) is 19.2. The molecule has 0 aliphatic rings. The summed E-state index contributed by atoms with van der Waals surface area (Å²) in [7, 11) is 1.70. The molecule has 0 fully saturated rings. The topological polar surface area (TPSA) is 77.3 Å². The summed E-state index contributed by atoms with van der Waals surface area (Å²) in [4.78, 5) is 30.0. The maximum atomic E-state index is 12.3. The van der Waals surface area contributed by atoms with E-state index in [-0.39, 0.29) is 18.6 Å². The summed E-state index contributed by atoms with van der Waals surface area (Å²) in [5.41, 5.74) is 2.16. The van der Waals surface area contributed by atoms with Gasteiger partial charge in [0.25, 0.3) is 5.91 Å². The Morgan fingerprint density at radius 3 is 2.44 bits per heavy atom. The molecule has 0 N–H and O–H groups in total. The molecular formula is C20H20N4O3. The predicted octanol–water partition coefficient (Wildman–Crippen LogP) is 2.64. The zero-order valence-electron chi connectivity index (χ0n) is 15.1. The van der Waals surface area contributed by atoms with Crippen LogP contribution >= 0.6 is 0 Å². The van der Waals surface area contributed by atoms with Crippen LogP contribution in [-0.4, -0.2) is 45.2 Å². The van der Waals surface area contributed by atoms with Crippen LogP contribution in [0.1, 0.15) is 28.9 Å². The van der Waals surface area contributed by atoms with E-state index in [4.69, 9.17) is 4.74 Å². The van der Waals surface area contributed by atoms with Crippen LogP contribution in [0, 0.1) is 0 Å². The molecule has 3 rings (SSSR count). The smallest absolute Gasteiger partial charge is 0.338 e. The summed E-state index contributed by atoms with van der Waals surface area (Å²) in [6.07, 6.45) is 3.00. The predicted molar refractivity (Wildman–Crippen MR) is 99.3 cm³/mol. The molecule has 0 saturated heterocycles. The molecule has 0 radical (unpaired) electrons. The molecule has 0 aliphatic carbocycles. The van der Waals surface area contributed by atoms with Crippen LogP contribution in [0.4, 0.5) is 0 Å². The summed E-state index contributed by atoms with van der Waals surface area (Å²) in [6, 6.07) is 16.3. The van der Waals surface area contributed by atoms with Crippen molar-refractivity contribution in [3.63, 3.8) is 0 Å².